The zero-order chi connectivity index (χ0) is 13.5. The van der Waals surface area contributed by atoms with Gasteiger partial charge >= 0.3 is 5.97 Å². The maximum atomic E-state index is 10.5. The summed E-state index contributed by atoms with van der Waals surface area (Å²) in [7, 11) is 0. The molecule has 0 saturated carbocycles. The van der Waals surface area contributed by atoms with E-state index in [1.807, 2.05) is 0 Å². The first-order valence-corrected chi connectivity index (χ1v) is 5.95. The van der Waals surface area contributed by atoms with Crippen molar-refractivity contribution < 1.29 is 29.6 Å². The fourth-order valence-electron chi connectivity index (χ4n) is 1.33. The van der Waals surface area contributed by atoms with Crippen LogP contribution in [0.15, 0.2) is 11.6 Å². The Morgan fingerprint density at radius 3 is 1.94 bits per heavy atom. The molecule has 3 N–H and O–H groups in total. The van der Waals surface area contributed by atoms with Crippen molar-refractivity contribution in [2.24, 2.45) is 0 Å². The van der Waals surface area contributed by atoms with Crippen molar-refractivity contribution in [3.63, 3.8) is 0 Å². The molecule has 0 aliphatic carbocycles. The summed E-state index contributed by atoms with van der Waals surface area (Å²) in [6.07, 6.45) is 2.71. The molecule has 2 aliphatic rings. The third-order valence-corrected chi connectivity index (χ3v) is 2.38. The molecule has 3 unspecified atom stereocenters. The predicted molar refractivity (Wildman–Crippen MR) is 63.2 cm³/mol. The van der Waals surface area contributed by atoms with Gasteiger partial charge in [-0.15, -0.1) is 0 Å². The van der Waals surface area contributed by atoms with Crippen molar-refractivity contribution in [2.45, 2.75) is 38.1 Å². The van der Waals surface area contributed by atoms with Crippen molar-refractivity contribution in [2.75, 3.05) is 19.8 Å². The molecule has 0 bridgehead atoms. The van der Waals surface area contributed by atoms with Gasteiger partial charge in [-0.1, -0.05) is 5.57 Å². The third-order valence-electron chi connectivity index (χ3n) is 2.38. The summed E-state index contributed by atoms with van der Waals surface area (Å²) in [6, 6.07) is 0. The van der Waals surface area contributed by atoms with E-state index in [2.05, 4.69) is 0 Å². The molecule has 2 saturated heterocycles. The summed E-state index contributed by atoms with van der Waals surface area (Å²) >= 11 is 0. The van der Waals surface area contributed by atoms with Crippen LogP contribution in [0.5, 0.6) is 0 Å². The molecule has 0 amide bonds. The van der Waals surface area contributed by atoms with Crippen LogP contribution in [0, 0.1) is 0 Å². The van der Waals surface area contributed by atoms with Crippen LogP contribution in [0.25, 0.3) is 0 Å². The number of carbonyl (C=O) groups is 1. The third kappa shape index (κ3) is 8.19. The largest absolute Gasteiger partial charge is 0.478 e. The SMILES string of the molecule is CC(O)CO.O=C(O)C=C(CC1CO1)CC1CO1. The fraction of sp³-hybridized carbons (Fsp3) is 0.750. The van der Waals surface area contributed by atoms with Gasteiger partial charge in [-0.25, -0.2) is 4.79 Å². The van der Waals surface area contributed by atoms with Crippen molar-refractivity contribution in [3.8, 4) is 0 Å². The van der Waals surface area contributed by atoms with E-state index >= 15 is 0 Å². The van der Waals surface area contributed by atoms with Crippen molar-refractivity contribution >= 4 is 5.97 Å². The number of ether oxygens (including phenoxy) is 2. The molecular formula is C12H20O6. The maximum Gasteiger partial charge on any atom is 0.328 e. The summed E-state index contributed by atoms with van der Waals surface area (Å²) in [5.74, 6) is -0.878. The van der Waals surface area contributed by atoms with Crippen molar-refractivity contribution in [1.82, 2.24) is 0 Å². The summed E-state index contributed by atoms with van der Waals surface area (Å²) in [5.41, 5.74) is 0.928. The number of hydrogen-bond acceptors (Lipinski definition) is 5. The van der Waals surface area contributed by atoms with Gasteiger partial charge in [0.05, 0.1) is 38.1 Å². The Morgan fingerprint density at radius 2 is 1.72 bits per heavy atom. The van der Waals surface area contributed by atoms with Crippen LogP contribution in [-0.4, -0.2) is 59.4 Å². The van der Waals surface area contributed by atoms with E-state index in [9.17, 15) is 4.79 Å². The molecule has 3 atom stereocenters. The van der Waals surface area contributed by atoms with Crippen molar-refractivity contribution in [3.05, 3.63) is 11.6 Å². The molecule has 6 nitrogen and oxygen atoms in total. The van der Waals surface area contributed by atoms with Crippen LogP contribution in [0.3, 0.4) is 0 Å². The van der Waals surface area contributed by atoms with Gasteiger partial charge in [0.2, 0.25) is 0 Å². The number of epoxide rings is 2. The molecule has 2 rings (SSSR count). The number of carboxylic acids is 1. The summed E-state index contributed by atoms with van der Waals surface area (Å²) in [5, 5.41) is 24.6. The van der Waals surface area contributed by atoms with Gasteiger partial charge in [-0.05, 0) is 19.8 Å². The van der Waals surface area contributed by atoms with Gasteiger partial charge in [0.25, 0.3) is 0 Å². The second-order valence-electron chi connectivity index (χ2n) is 4.49. The minimum atomic E-state index is -0.878. The van der Waals surface area contributed by atoms with Crippen LogP contribution in [-0.2, 0) is 14.3 Å². The molecule has 6 heteroatoms. The molecule has 0 radical (unpaired) electrons. The van der Waals surface area contributed by atoms with Gasteiger partial charge < -0.3 is 24.8 Å². The molecule has 0 spiro atoms. The highest BCUT2D eigenvalue weighted by Crippen LogP contribution is 2.26. The lowest BCUT2D eigenvalue weighted by Crippen LogP contribution is -2.03. The second-order valence-corrected chi connectivity index (χ2v) is 4.49. The Balaban J connectivity index is 0.000000280. The zero-order valence-corrected chi connectivity index (χ0v) is 10.4. The van der Waals surface area contributed by atoms with E-state index in [-0.39, 0.29) is 18.8 Å². The van der Waals surface area contributed by atoms with E-state index in [0.717, 1.165) is 31.6 Å². The van der Waals surface area contributed by atoms with Gasteiger partial charge in [-0.2, -0.15) is 0 Å². The molecule has 18 heavy (non-hydrogen) atoms. The number of carboxylic acid groups (broad SMARTS) is 1. The van der Waals surface area contributed by atoms with Crippen molar-refractivity contribution in [1.29, 1.82) is 0 Å². The molecule has 0 aromatic rings. The van der Waals surface area contributed by atoms with Crippen LogP contribution in [0.1, 0.15) is 19.8 Å². The molecule has 2 fully saturated rings. The topological polar surface area (TPSA) is 103 Å². The van der Waals surface area contributed by atoms with Crippen LogP contribution < -0.4 is 0 Å². The Kier molecular flexibility index (Phi) is 6.28. The molecule has 2 heterocycles. The van der Waals surface area contributed by atoms with E-state index < -0.39 is 12.1 Å². The molecular weight excluding hydrogens is 240 g/mol. The Hall–Kier alpha value is -0.950. The average molecular weight is 260 g/mol. The quantitative estimate of drug-likeness (QED) is 0.456. The minimum Gasteiger partial charge on any atom is -0.478 e. The first-order chi connectivity index (χ1) is 8.51. The fourth-order valence-corrected chi connectivity index (χ4v) is 1.33. The lowest BCUT2D eigenvalue weighted by Gasteiger charge is -2.00. The number of rotatable bonds is 6. The molecule has 2 aliphatic heterocycles. The van der Waals surface area contributed by atoms with Gasteiger partial charge in [0.1, 0.15) is 0 Å². The molecule has 0 aromatic heterocycles. The van der Waals surface area contributed by atoms with E-state index in [1.165, 1.54) is 13.0 Å². The van der Waals surface area contributed by atoms with Crippen LogP contribution in [0.4, 0.5) is 0 Å². The normalized spacial score (nSPS) is 25.5. The minimum absolute atomic E-state index is 0.139. The molecule has 0 aromatic carbocycles. The zero-order valence-electron chi connectivity index (χ0n) is 10.4. The lowest BCUT2D eigenvalue weighted by atomic mass is 10.1. The van der Waals surface area contributed by atoms with Gasteiger partial charge in [0.15, 0.2) is 0 Å². The summed E-state index contributed by atoms with van der Waals surface area (Å²) < 4.78 is 10.1. The maximum absolute atomic E-state index is 10.5. The van der Waals surface area contributed by atoms with Gasteiger partial charge in [-0.3, -0.25) is 0 Å². The van der Waals surface area contributed by atoms with Gasteiger partial charge in [0, 0.05) is 6.08 Å². The second kappa shape index (κ2) is 7.48. The highest BCUT2D eigenvalue weighted by molar-refractivity contribution is 5.80. The number of aliphatic hydroxyl groups is 2. The number of aliphatic hydroxyl groups excluding tert-OH is 2. The Bertz CT molecular complexity index is 275. The lowest BCUT2D eigenvalue weighted by molar-refractivity contribution is -0.131. The van der Waals surface area contributed by atoms with Crippen LogP contribution >= 0.6 is 0 Å². The number of hydrogen-bond donors (Lipinski definition) is 3. The van der Waals surface area contributed by atoms with E-state index in [0.29, 0.717) is 0 Å². The smallest absolute Gasteiger partial charge is 0.328 e. The van der Waals surface area contributed by atoms with Crippen LogP contribution in [0.2, 0.25) is 0 Å². The van der Waals surface area contributed by atoms with E-state index in [1.54, 1.807) is 0 Å². The summed E-state index contributed by atoms with van der Waals surface area (Å²) in [4.78, 5) is 10.5. The first kappa shape index (κ1) is 15.1. The Labute approximate surface area is 106 Å². The Morgan fingerprint density at radius 1 is 1.33 bits per heavy atom. The highest BCUT2D eigenvalue weighted by atomic mass is 16.6. The molecule has 104 valence electrons. The number of aliphatic carboxylic acids is 1. The van der Waals surface area contributed by atoms with E-state index in [4.69, 9.17) is 24.8 Å². The monoisotopic (exact) mass is 260 g/mol. The highest BCUT2D eigenvalue weighted by Gasteiger charge is 2.29. The average Bonchev–Trinajstić information content (AvgIpc) is 3.13. The first-order valence-electron chi connectivity index (χ1n) is 5.95. The standard InChI is InChI=1S/C9H12O4.C3H8O2/c10-9(11)3-6(1-7-4-12-7)2-8-5-13-8;1-3(5)2-4/h3,7-8H,1-2,4-5H2,(H,10,11);3-5H,2H2,1H3. The predicted octanol–water partition coefficient (Wildman–Crippen LogP) is -0.0653. The summed E-state index contributed by atoms with van der Waals surface area (Å²) in [6.45, 7) is 2.92.